The van der Waals surface area contributed by atoms with E-state index in [1.165, 1.54) is 22.5 Å². The minimum atomic E-state index is -3.69. The second-order valence-corrected chi connectivity index (χ2v) is 10.0. The third-order valence-electron chi connectivity index (χ3n) is 5.69. The van der Waals surface area contributed by atoms with Crippen molar-refractivity contribution in [1.29, 1.82) is 0 Å². The number of rotatable bonds is 5. The third-order valence-corrected chi connectivity index (χ3v) is 7.90. The lowest BCUT2D eigenvalue weighted by Gasteiger charge is -2.34. The van der Waals surface area contributed by atoms with Gasteiger partial charge in [-0.3, -0.25) is 4.79 Å². The number of aromatic nitrogens is 1. The lowest BCUT2D eigenvalue weighted by Crippen LogP contribution is -2.42. The Morgan fingerprint density at radius 1 is 1.16 bits per heavy atom. The summed E-state index contributed by atoms with van der Waals surface area (Å²) in [4.78, 5) is 19.1. The van der Waals surface area contributed by atoms with Crippen LogP contribution in [0.4, 0.5) is 15.9 Å². The maximum atomic E-state index is 13.3. The number of hydrogen-bond acceptors (Lipinski definition) is 6. The Morgan fingerprint density at radius 2 is 1.88 bits per heavy atom. The number of benzene rings is 1. The molecule has 0 bridgehead atoms. The number of piperidine rings is 1. The number of pyridine rings is 1. The first-order chi connectivity index (χ1) is 15.4. The van der Waals surface area contributed by atoms with Gasteiger partial charge in [-0.1, -0.05) is 11.6 Å². The molecule has 8 nitrogen and oxygen atoms in total. The molecule has 2 aliphatic heterocycles. The smallest absolute Gasteiger partial charge is 0.246 e. The van der Waals surface area contributed by atoms with Gasteiger partial charge in [0.1, 0.15) is 16.5 Å². The molecule has 0 radical (unpaired) electrons. The predicted molar refractivity (Wildman–Crippen MR) is 119 cm³/mol. The molecule has 2 saturated heterocycles. The maximum absolute atomic E-state index is 13.3. The summed E-state index contributed by atoms with van der Waals surface area (Å²) in [5, 5.41) is 2.72. The average molecular weight is 483 g/mol. The lowest BCUT2D eigenvalue weighted by molar-refractivity contribution is -0.120. The lowest BCUT2D eigenvalue weighted by atomic mass is 9.95. The molecule has 32 heavy (non-hydrogen) atoms. The predicted octanol–water partition coefficient (Wildman–Crippen LogP) is 2.75. The van der Waals surface area contributed by atoms with E-state index >= 15 is 0 Å². The molecule has 11 heteroatoms. The zero-order chi connectivity index (χ0) is 22.7. The molecule has 1 amide bonds. The molecule has 2 aliphatic rings. The van der Waals surface area contributed by atoms with E-state index in [0.717, 1.165) is 0 Å². The van der Waals surface area contributed by atoms with E-state index in [4.69, 9.17) is 16.3 Å². The van der Waals surface area contributed by atoms with Crippen molar-refractivity contribution >= 4 is 39.0 Å². The Morgan fingerprint density at radius 3 is 2.56 bits per heavy atom. The molecule has 0 saturated carbocycles. The molecule has 0 spiro atoms. The number of amides is 1. The summed E-state index contributed by atoms with van der Waals surface area (Å²) in [5.41, 5.74) is 0.437. The van der Waals surface area contributed by atoms with Gasteiger partial charge in [0.2, 0.25) is 15.9 Å². The number of ether oxygens (including phenoxy) is 1. The molecule has 4 rings (SSSR count). The zero-order valence-electron chi connectivity index (χ0n) is 17.3. The Hall–Kier alpha value is -2.27. The number of morpholine rings is 1. The van der Waals surface area contributed by atoms with Gasteiger partial charge in [0, 0.05) is 44.0 Å². The highest BCUT2D eigenvalue weighted by Crippen LogP contribution is 2.30. The molecule has 1 aromatic heterocycles. The molecule has 2 fully saturated rings. The van der Waals surface area contributed by atoms with E-state index in [2.05, 4.69) is 10.3 Å². The topological polar surface area (TPSA) is 91.8 Å². The highest BCUT2D eigenvalue weighted by molar-refractivity contribution is 7.89. The van der Waals surface area contributed by atoms with Crippen molar-refractivity contribution in [3.05, 3.63) is 47.4 Å². The number of nitrogens with zero attached hydrogens (tertiary/aromatic N) is 3. The van der Waals surface area contributed by atoms with Gasteiger partial charge in [-0.05, 0) is 43.2 Å². The van der Waals surface area contributed by atoms with E-state index in [1.54, 1.807) is 18.3 Å². The summed E-state index contributed by atoms with van der Waals surface area (Å²) in [6.07, 6.45) is 2.65. The molecule has 0 aliphatic carbocycles. The third kappa shape index (κ3) is 4.88. The van der Waals surface area contributed by atoms with Crippen LogP contribution >= 0.6 is 11.6 Å². The Kier molecular flexibility index (Phi) is 6.94. The fourth-order valence-electron chi connectivity index (χ4n) is 3.92. The van der Waals surface area contributed by atoms with Crippen molar-refractivity contribution in [1.82, 2.24) is 9.29 Å². The Bertz CT molecular complexity index is 1090. The number of hydrogen-bond donors (Lipinski definition) is 1. The largest absolute Gasteiger partial charge is 0.379 e. The van der Waals surface area contributed by atoms with Crippen LogP contribution in [0.2, 0.25) is 5.02 Å². The van der Waals surface area contributed by atoms with Gasteiger partial charge in [0.15, 0.2) is 0 Å². The summed E-state index contributed by atoms with van der Waals surface area (Å²) in [6, 6.07) is 7.23. The van der Waals surface area contributed by atoms with Crippen molar-refractivity contribution in [2.24, 2.45) is 5.92 Å². The molecule has 0 unspecified atom stereocenters. The van der Waals surface area contributed by atoms with Gasteiger partial charge in [-0.2, -0.15) is 4.31 Å². The second kappa shape index (κ2) is 9.70. The molecular weight excluding hydrogens is 459 g/mol. The summed E-state index contributed by atoms with van der Waals surface area (Å²) < 4.78 is 46.4. The average Bonchev–Trinajstić information content (AvgIpc) is 2.82. The zero-order valence-corrected chi connectivity index (χ0v) is 18.9. The Balaban J connectivity index is 1.43. The monoisotopic (exact) mass is 482 g/mol. The summed E-state index contributed by atoms with van der Waals surface area (Å²) >= 11 is 5.78. The minimum absolute atomic E-state index is 0.0539. The van der Waals surface area contributed by atoms with E-state index in [9.17, 15) is 17.6 Å². The van der Waals surface area contributed by atoms with Crippen molar-refractivity contribution in [3.63, 3.8) is 0 Å². The van der Waals surface area contributed by atoms with Gasteiger partial charge in [0.25, 0.3) is 0 Å². The van der Waals surface area contributed by atoms with E-state index in [-0.39, 0.29) is 21.7 Å². The van der Waals surface area contributed by atoms with Crippen LogP contribution in [0.5, 0.6) is 0 Å². The van der Waals surface area contributed by atoms with Crippen LogP contribution in [0.25, 0.3) is 0 Å². The number of carbonyl (C=O) groups is 1. The van der Waals surface area contributed by atoms with Gasteiger partial charge in [-0.25, -0.2) is 17.8 Å². The number of sulfonamides is 1. The number of halogens is 2. The first kappa shape index (κ1) is 22.9. The standard InChI is InChI=1S/C21H24ClFN4O4S/c22-17-14-16(3-4-18(17)23)25-21(28)15-5-8-26(9-6-15)20-19(2-1-7-24-20)32(29,30)27-10-12-31-13-11-27/h1-4,7,14-15H,5-6,8-13H2,(H,25,28). The first-order valence-corrected chi connectivity index (χ1v) is 12.2. The highest BCUT2D eigenvalue weighted by Gasteiger charge is 2.33. The van der Waals surface area contributed by atoms with Crippen LogP contribution in [0.3, 0.4) is 0 Å². The maximum Gasteiger partial charge on any atom is 0.246 e. The van der Waals surface area contributed by atoms with Crippen molar-refractivity contribution in [2.75, 3.05) is 49.6 Å². The van der Waals surface area contributed by atoms with E-state index < -0.39 is 15.8 Å². The quantitative estimate of drug-likeness (QED) is 0.704. The Labute approximate surface area is 191 Å². The fourth-order valence-corrected chi connectivity index (χ4v) is 5.67. The van der Waals surface area contributed by atoms with E-state index in [0.29, 0.717) is 63.7 Å². The number of carbonyl (C=O) groups excluding carboxylic acids is 1. The van der Waals surface area contributed by atoms with E-state index in [1.807, 2.05) is 4.90 Å². The first-order valence-electron chi connectivity index (χ1n) is 10.4. The molecule has 2 aromatic rings. The molecule has 3 heterocycles. The van der Waals surface area contributed by atoms with Crippen molar-refractivity contribution in [2.45, 2.75) is 17.7 Å². The molecule has 0 atom stereocenters. The van der Waals surface area contributed by atoms with Crippen LogP contribution in [0.15, 0.2) is 41.4 Å². The normalized spacial score (nSPS) is 18.5. The molecule has 1 N–H and O–H groups in total. The number of nitrogens with one attached hydrogen (secondary N) is 1. The highest BCUT2D eigenvalue weighted by atomic mass is 35.5. The molecular formula is C21H24ClFN4O4S. The van der Waals surface area contributed by atoms with Crippen molar-refractivity contribution in [3.8, 4) is 0 Å². The van der Waals surface area contributed by atoms with Crippen LogP contribution < -0.4 is 10.2 Å². The summed E-state index contributed by atoms with van der Waals surface area (Å²) in [5.74, 6) is -0.563. The summed E-state index contributed by atoms with van der Waals surface area (Å²) in [7, 11) is -3.69. The fraction of sp³-hybridized carbons (Fsp3) is 0.429. The van der Waals surface area contributed by atoms with Crippen LogP contribution in [-0.2, 0) is 19.6 Å². The molecule has 1 aromatic carbocycles. The van der Waals surface area contributed by atoms with Gasteiger partial charge in [0.05, 0.1) is 18.2 Å². The van der Waals surface area contributed by atoms with Crippen LogP contribution in [-0.4, -0.2) is 63.0 Å². The van der Waals surface area contributed by atoms with Crippen LogP contribution in [0, 0.1) is 11.7 Å². The van der Waals surface area contributed by atoms with Crippen LogP contribution in [0.1, 0.15) is 12.8 Å². The summed E-state index contributed by atoms with van der Waals surface area (Å²) in [6.45, 7) is 2.34. The van der Waals surface area contributed by atoms with Crippen molar-refractivity contribution < 1.29 is 22.3 Å². The SMILES string of the molecule is O=C(Nc1ccc(F)c(Cl)c1)C1CCN(c2ncccc2S(=O)(=O)N2CCOCC2)CC1. The molecule has 172 valence electrons. The van der Waals surface area contributed by atoms with Gasteiger partial charge >= 0.3 is 0 Å². The minimum Gasteiger partial charge on any atom is -0.379 e. The van der Waals surface area contributed by atoms with Gasteiger partial charge < -0.3 is 15.0 Å². The van der Waals surface area contributed by atoms with Gasteiger partial charge in [-0.15, -0.1) is 0 Å². The second-order valence-electron chi connectivity index (χ2n) is 7.72. The number of anilines is 2.